The first-order chi connectivity index (χ1) is 15.6. The number of rotatable bonds is 0. The molecule has 0 bridgehead atoms. The largest absolute Gasteiger partial charge is 0.315 e. The van der Waals surface area contributed by atoms with E-state index in [0.29, 0.717) is 0 Å². The first-order valence-corrected chi connectivity index (χ1v) is 12.5. The van der Waals surface area contributed by atoms with Crippen molar-refractivity contribution < 1.29 is 0 Å². The van der Waals surface area contributed by atoms with Gasteiger partial charge < -0.3 is 26.6 Å². The number of hydrogen-bond donors (Lipinski definition) is 5. The molecule has 0 saturated carbocycles. The summed E-state index contributed by atoms with van der Waals surface area (Å²) in [4.78, 5) is 15.0. The van der Waals surface area contributed by atoms with Gasteiger partial charge in [-0.2, -0.15) is 0 Å². The minimum atomic E-state index is -0.183. The maximum Gasteiger partial charge on any atom is 0.0517 e. The number of aliphatic imine (C=N–C) groups is 3. The highest BCUT2D eigenvalue weighted by molar-refractivity contribution is 6.31. The lowest BCUT2D eigenvalue weighted by Crippen LogP contribution is -2.47. The molecule has 5 N–H and O–H groups in total. The SMILES string of the molecule is CC1=NCCNCCCNCCN=C2CC3(C)NCCNCCCNCCN=C(C)C3=C12. The molecule has 1 unspecified atom stereocenters. The van der Waals surface area contributed by atoms with Gasteiger partial charge in [-0.1, -0.05) is 0 Å². The normalized spacial score (nSPS) is 28.4. The minimum Gasteiger partial charge on any atom is -0.315 e. The van der Waals surface area contributed by atoms with Crippen molar-refractivity contribution in [1.82, 2.24) is 26.6 Å². The van der Waals surface area contributed by atoms with Crippen molar-refractivity contribution in [3.05, 3.63) is 11.1 Å². The number of nitrogens with one attached hydrogen (secondary N) is 5. The quantitative estimate of drug-likeness (QED) is 0.376. The van der Waals surface area contributed by atoms with Gasteiger partial charge in [0.15, 0.2) is 0 Å². The molecule has 0 spiro atoms. The predicted octanol–water partition coefficient (Wildman–Crippen LogP) is 0.564. The summed E-state index contributed by atoms with van der Waals surface area (Å²) >= 11 is 0. The van der Waals surface area contributed by atoms with Crippen LogP contribution >= 0.6 is 0 Å². The zero-order chi connectivity index (χ0) is 22.7. The fourth-order valence-electron chi connectivity index (χ4n) is 4.82. The van der Waals surface area contributed by atoms with Gasteiger partial charge in [-0.15, -0.1) is 0 Å². The molecule has 0 aromatic carbocycles. The summed E-state index contributed by atoms with van der Waals surface area (Å²) in [5.74, 6) is 0. The second kappa shape index (κ2) is 13.3. The van der Waals surface area contributed by atoms with Crippen molar-refractivity contribution in [1.29, 1.82) is 0 Å². The molecule has 1 aliphatic carbocycles. The van der Waals surface area contributed by atoms with Crippen LogP contribution in [0, 0.1) is 0 Å². The van der Waals surface area contributed by atoms with E-state index in [1.54, 1.807) is 0 Å². The maximum atomic E-state index is 5.08. The van der Waals surface area contributed by atoms with Gasteiger partial charge in [0.2, 0.25) is 0 Å². The average molecular weight is 445 g/mol. The summed E-state index contributed by atoms with van der Waals surface area (Å²) in [6, 6.07) is 0. The van der Waals surface area contributed by atoms with Crippen LogP contribution in [0.2, 0.25) is 0 Å². The van der Waals surface area contributed by atoms with Gasteiger partial charge in [0.05, 0.1) is 19.6 Å². The molecule has 180 valence electrons. The van der Waals surface area contributed by atoms with Crippen molar-refractivity contribution in [3.63, 3.8) is 0 Å². The molecule has 8 heteroatoms. The van der Waals surface area contributed by atoms with E-state index in [2.05, 4.69) is 47.4 Å². The van der Waals surface area contributed by atoms with E-state index in [0.717, 1.165) is 109 Å². The summed E-state index contributed by atoms with van der Waals surface area (Å²) in [5.41, 5.74) is 5.68. The fraction of sp³-hybridized carbons (Fsp3) is 0.792. The van der Waals surface area contributed by atoms with Gasteiger partial charge >= 0.3 is 0 Å². The Labute approximate surface area is 194 Å². The molecule has 8 nitrogen and oxygen atoms in total. The highest BCUT2D eigenvalue weighted by Gasteiger charge is 2.42. The van der Waals surface area contributed by atoms with E-state index >= 15 is 0 Å². The smallest absolute Gasteiger partial charge is 0.0517 e. The van der Waals surface area contributed by atoms with Crippen LogP contribution in [0.3, 0.4) is 0 Å². The molecule has 2 aliphatic heterocycles. The molecule has 3 rings (SSSR count). The lowest BCUT2D eigenvalue weighted by atomic mass is 9.89. The Hall–Kier alpha value is -1.45. The predicted molar refractivity (Wildman–Crippen MR) is 137 cm³/mol. The van der Waals surface area contributed by atoms with Gasteiger partial charge in [-0.25, -0.2) is 0 Å². The molecular weight excluding hydrogens is 400 g/mol. The van der Waals surface area contributed by atoms with E-state index < -0.39 is 0 Å². The fourth-order valence-corrected chi connectivity index (χ4v) is 4.82. The Balaban J connectivity index is 1.97. The second-order valence-electron chi connectivity index (χ2n) is 9.16. The lowest BCUT2D eigenvalue weighted by molar-refractivity contribution is 0.439. The Bertz CT molecular complexity index is 724. The van der Waals surface area contributed by atoms with Crippen LogP contribution in [-0.2, 0) is 0 Å². The third-order valence-electron chi connectivity index (χ3n) is 6.43. The maximum absolute atomic E-state index is 5.08. The molecule has 2 heterocycles. The molecule has 1 atom stereocenters. The number of nitrogens with zero attached hydrogens (tertiary/aromatic N) is 3. The summed E-state index contributed by atoms with van der Waals surface area (Å²) in [7, 11) is 0. The van der Waals surface area contributed by atoms with Crippen molar-refractivity contribution in [2.45, 2.75) is 45.6 Å². The number of hydrogen-bond acceptors (Lipinski definition) is 8. The Kier molecular flexibility index (Phi) is 10.5. The monoisotopic (exact) mass is 444 g/mol. The molecule has 0 amide bonds. The average Bonchev–Trinajstić information content (AvgIpc) is 3.07. The van der Waals surface area contributed by atoms with Crippen molar-refractivity contribution >= 4 is 17.1 Å². The Morgan fingerprint density at radius 2 is 1.16 bits per heavy atom. The Morgan fingerprint density at radius 3 is 1.78 bits per heavy atom. The van der Waals surface area contributed by atoms with Crippen molar-refractivity contribution in [2.75, 3.05) is 78.5 Å². The van der Waals surface area contributed by atoms with E-state index in [1.165, 1.54) is 16.9 Å². The van der Waals surface area contributed by atoms with E-state index in [9.17, 15) is 0 Å². The number of fused-ring (bicyclic) bond motifs is 2. The second-order valence-corrected chi connectivity index (χ2v) is 9.16. The molecular formula is C24H44N8. The van der Waals surface area contributed by atoms with Gasteiger partial charge in [-0.05, 0) is 59.8 Å². The van der Waals surface area contributed by atoms with E-state index in [4.69, 9.17) is 15.0 Å². The highest BCUT2D eigenvalue weighted by Crippen LogP contribution is 2.36. The van der Waals surface area contributed by atoms with Gasteiger partial charge in [0.1, 0.15) is 0 Å². The van der Waals surface area contributed by atoms with Gasteiger partial charge in [0, 0.05) is 73.0 Å². The lowest BCUT2D eigenvalue weighted by Gasteiger charge is -2.30. The molecule has 32 heavy (non-hydrogen) atoms. The molecule has 3 aliphatic rings. The first-order valence-electron chi connectivity index (χ1n) is 12.5. The zero-order valence-electron chi connectivity index (χ0n) is 20.4. The van der Waals surface area contributed by atoms with Crippen molar-refractivity contribution in [3.8, 4) is 0 Å². The molecule has 0 saturated heterocycles. The Morgan fingerprint density at radius 1 is 0.625 bits per heavy atom. The first kappa shape index (κ1) is 25.2. The molecule has 0 radical (unpaired) electrons. The van der Waals surface area contributed by atoms with Crippen LogP contribution in [0.25, 0.3) is 0 Å². The topological polar surface area (TPSA) is 97.2 Å². The molecule has 0 aromatic rings. The standard InChI is InChI=1S/C24H44N8/c1-19-22-21(31-16-12-27-8-4-6-25-10-14-29-19)18-24(3)23(22)20(2)30-15-11-26-7-5-9-28-13-17-32-24/h25-28,32H,4-18H2,1-3H3. The summed E-state index contributed by atoms with van der Waals surface area (Å²) in [6.45, 7) is 17.8. The van der Waals surface area contributed by atoms with Crippen LogP contribution in [0.5, 0.6) is 0 Å². The summed E-state index contributed by atoms with van der Waals surface area (Å²) < 4.78 is 0. The van der Waals surface area contributed by atoms with Gasteiger partial charge in [-0.3, -0.25) is 15.0 Å². The summed E-state index contributed by atoms with van der Waals surface area (Å²) in [6.07, 6.45) is 3.16. The third-order valence-corrected chi connectivity index (χ3v) is 6.43. The van der Waals surface area contributed by atoms with Gasteiger partial charge in [0.25, 0.3) is 0 Å². The molecule has 0 aromatic heterocycles. The minimum absolute atomic E-state index is 0.183. The number of allylic oxidation sites excluding steroid dienone is 1. The zero-order valence-corrected chi connectivity index (χ0v) is 20.4. The van der Waals surface area contributed by atoms with Crippen molar-refractivity contribution in [2.24, 2.45) is 15.0 Å². The van der Waals surface area contributed by atoms with Crippen LogP contribution in [0.4, 0.5) is 0 Å². The third kappa shape index (κ3) is 7.28. The van der Waals surface area contributed by atoms with Crippen LogP contribution < -0.4 is 26.6 Å². The van der Waals surface area contributed by atoms with Crippen LogP contribution in [0.1, 0.15) is 40.0 Å². The summed E-state index contributed by atoms with van der Waals surface area (Å²) in [5, 5.41) is 18.0. The van der Waals surface area contributed by atoms with Crippen LogP contribution in [-0.4, -0.2) is 101 Å². The van der Waals surface area contributed by atoms with Crippen LogP contribution in [0.15, 0.2) is 26.1 Å². The molecule has 0 fully saturated rings. The van der Waals surface area contributed by atoms with E-state index in [1.807, 2.05) is 0 Å². The van der Waals surface area contributed by atoms with E-state index in [-0.39, 0.29) is 5.54 Å². The highest BCUT2D eigenvalue weighted by atomic mass is 15.0.